The standard InChI is InChI=1S/C11H16F3N3/c1-8(15)10-4-3-9(7-16-10)17(2)6-5-11(12,13)14/h3-4,7-8H,5-6,15H2,1-2H3/t8-/m1/s1. The summed E-state index contributed by atoms with van der Waals surface area (Å²) in [5, 5.41) is 0. The third kappa shape index (κ3) is 4.60. The molecule has 0 aliphatic rings. The Balaban J connectivity index is 2.60. The van der Waals surface area contributed by atoms with Crippen molar-refractivity contribution in [2.45, 2.75) is 25.6 Å². The summed E-state index contributed by atoms with van der Waals surface area (Å²) in [5.41, 5.74) is 7.00. The molecule has 0 saturated carbocycles. The van der Waals surface area contributed by atoms with Gasteiger partial charge in [0, 0.05) is 19.6 Å². The molecule has 1 atom stereocenters. The van der Waals surface area contributed by atoms with Crippen LogP contribution in [0.1, 0.15) is 25.1 Å². The smallest absolute Gasteiger partial charge is 0.373 e. The van der Waals surface area contributed by atoms with E-state index in [1.54, 1.807) is 26.1 Å². The summed E-state index contributed by atoms with van der Waals surface area (Å²) >= 11 is 0. The SMILES string of the molecule is C[C@@H](N)c1ccc(N(C)CCC(F)(F)F)cn1. The van der Waals surface area contributed by atoms with E-state index in [1.165, 1.54) is 11.1 Å². The highest BCUT2D eigenvalue weighted by atomic mass is 19.4. The van der Waals surface area contributed by atoms with Crippen LogP contribution in [0.4, 0.5) is 18.9 Å². The van der Waals surface area contributed by atoms with Crippen LogP contribution >= 0.6 is 0 Å². The van der Waals surface area contributed by atoms with Crippen molar-refractivity contribution >= 4 is 5.69 Å². The first-order valence-electron chi connectivity index (χ1n) is 5.29. The Labute approximate surface area is 98.4 Å². The van der Waals surface area contributed by atoms with Crippen LogP contribution in [0.5, 0.6) is 0 Å². The molecule has 0 radical (unpaired) electrons. The zero-order chi connectivity index (χ0) is 13.1. The molecule has 1 aromatic heterocycles. The number of nitrogens with two attached hydrogens (primary N) is 1. The van der Waals surface area contributed by atoms with Crippen LogP contribution in [0, 0.1) is 0 Å². The number of nitrogens with zero attached hydrogens (tertiary/aromatic N) is 2. The number of aromatic nitrogens is 1. The predicted octanol–water partition coefficient (Wildman–Crippen LogP) is 2.49. The van der Waals surface area contributed by atoms with Crippen molar-refractivity contribution in [3.8, 4) is 0 Å². The van der Waals surface area contributed by atoms with E-state index in [0.717, 1.165) is 5.69 Å². The largest absolute Gasteiger partial charge is 0.390 e. The number of hydrogen-bond acceptors (Lipinski definition) is 3. The van der Waals surface area contributed by atoms with Gasteiger partial charge in [0.1, 0.15) is 0 Å². The highest BCUT2D eigenvalue weighted by molar-refractivity contribution is 5.43. The Hall–Kier alpha value is -1.30. The molecule has 0 aliphatic carbocycles. The van der Waals surface area contributed by atoms with Gasteiger partial charge in [-0.2, -0.15) is 13.2 Å². The molecule has 96 valence electrons. The van der Waals surface area contributed by atoms with E-state index in [4.69, 9.17) is 5.73 Å². The molecule has 0 fully saturated rings. The zero-order valence-electron chi connectivity index (χ0n) is 9.83. The minimum atomic E-state index is -4.13. The molecule has 0 aliphatic heterocycles. The summed E-state index contributed by atoms with van der Waals surface area (Å²) < 4.78 is 36.1. The Kier molecular flexibility index (Phi) is 4.34. The topological polar surface area (TPSA) is 42.1 Å². The molecular formula is C11H16F3N3. The Morgan fingerprint density at radius 1 is 1.41 bits per heavy atom. The van der Waals surface area contributed by atoms with Crippen molar-refractivity contribution in [3.05, 3.63) is 24.0 Å². The Morgan fingerprint density at radius 2 is 2.06 bits per heavy atom. The first-order chi connectivity index (χ1) is 7.79. The first-order valence-corrected chi connectivity index (χ1v) is 5.29. The monoisotopic (exact) mass is 247 g/mol. The van der Waals surface area contributed by atoms with Gasteiger partial charge in [-0.1, -0.05) is 0 Å². The molecule has 1 rings (SSSR count). The normalized spacial score (nSPS) is 13.5. The van der Waals surface area contributed by atoms with Crippen LogP contribution in [0.2, 0.25) is 0 Å². The highest BCUT2D eigenvalue weighted by Crippen LogP contribution is 2.21. The molecule has 0 saturated heterocycles. The van der Waals surface area contributed by atoms with E-state index in [0.29, 0.717) is 5.69 Å². The summed E-state index contributed by atoms with van der Waals surface area (Å²) in [6.07, 6.45) is -3.43. The Morgan fingerprint density at radius 3 is 2.47 bits per heavy atom. The van der Waals surface area contributed by atoms with Gasteiger partial charge in [0.2, 0.25) is 0 Å². The second-order valence-electron chi connectivity index (χ2n) is 4.02. The lowest BCUT2D eigenvalue weighted by Gasteiger charge is -2.20. The number of halogens is 3. The molecule has 1 heterocycles. The quantitative estimate of drug-likeness (QED) is 0.888. The third-order valence-corrected chi connectivity index (χ3v) is 2.41. The molecule has 2 N–H and O–H groups in total. The van der Waals surface area contributed by atoms with E-state index >= 15 is 0 Å². The number of pyridine rings is 1. The van der Waals surface area contributed by atoms with Crippen LogP contribution < -0.4 is 10.6 Å². The van der Waals surface area contributed by atoms with Crippen LogP contribution in [-0.2, 0) is 0 Å². The fourth-order valence-electron chi connectivity index (χ4n) is 1.32. The average molecular weight is 247 g/mol. The number of anilines is 1. The summed E-state index contributed by atoms with van der Waals surface area (Å²) in [7, 11) is 1.61. The van der Waals surface area contributed by atoms with Crippen molar-refractivity contribution in [1.29, 1.82) is 0 Å². The van der Waals surface area contributed by atoms with Crippen molar-refractivity contribution in [2.75, 3.05) is 18.5 Å². The van der Waals surface area contributed by atoms with Crippen molar-refractivity contribution < 1.29 is 13.2 Å². The van der Waals surface area contributed by atoms with E-state index in [2.05, 4.69) is 4.98 Å². The lowest BCUT2D eigenvalue weighted by molar-refractivity contribution is -0.132. The molecule has 0 aromatic carbocycles. The second kappa shape index (κ2) is 5.35. The fourth-order valence-corrected chi connectivity index (χ4v) is 1.32. The maximum Gasteiger partial charge on any atom is 0.390 e. The molecule has 17 heavy (non-hydrogen) atoms. The van der Waals surface area contributed by atoms with Gasteiger partial charge in [-0.25, -0.2) is 0 Å². The van der Waals surface area contributed by atoms with Crippen LogP contribution in [0.3, 0.4) is 0 Å². The minimum absolute atomic E-state index is 0.0806. The van der Waals surface area contributed by atoms with Gasteiger partial charge < -0.3 is 10.6 Å². The lowest BCUT2D eigenvalue weighted by Crippen LogP contribution is -2.24. The molecule has 0 spiro atoms. The summed E-state index contributed by atoms with van der Waals surface area (Å²) in [6, 6.07) is 3.27. The fraction of sp³-hybridized carbons (Fsp3) is 0.545. The van der Waals surface area contributed by atoms with E-state index in [-0.39, 0.29) is 12.6 Å². The first kappa shape index (κ1) is 13.8. The van der Waals surface area contributed by atoms with Gasteiger partial charge in [0.25, 0.3) is 0 Å². The van der Waals surface area contributed by atoms with Crippen LogP contribution in [-0.4, -0.2) is 24.8 Å². The highest BCUT2D eigenvalue weighted by Gasteiger charge is 2.27. The maximum atomic E-state index is 12.0. The molecule has 1 aromatic rings. The van der Waals surface area contributed by atoms with Gasteiger partial charge in [-0.05, 0) is 19.1 Å². The number of rotatable bonds is 4. The lowest BCUT2D eigenvalue weighted by atomic mass is 10.2. The van der Waals surface area contributed by atoms with E-state index in [1.807, 2.05) is 0 Å². The molecule has 3 nitrogen and oxygen atoms in total. The van der Waals surface area contributed by atoms with Gasteiger partial charge in [-0.3, -0.25) is 4.98 Å². The molecule has 0 amide bonds. The molecule has 6 heteroatoms. The molecular weight excluding hydrogens is 231 g/mol. The number of hydrogen-bond donors (Lipinski definition) is 1. The van der Waals surface area contributed by atoms with Gasteiger partial charge >= 0.3 is 6.18 Å². The summed E-state index contributed by atoms with van der Waals surface area (Å²) in [6.45, 7) is 1.72. The third-order valence-electron chi connectivity index (χ3n) is 2.41. The number of alkyl halides is 3. The van der Waals surface area contributed by atoms with Crippen molar-refractivity contribution in [2.24, 2.45) is 5.73 Å². The van der Waals surface area contributed by atoms with Gasteiger partial charge in [0.15, 0.2) is 0 Å². The van der Waals surface area contributed by atoms with E-state index < -0.39 is 12.6 Å². The summed E-state index contributed by atoms with van der Waals surface area (Å²) in [5.74, 6) is 0. The second-order valence-corrected chi connectivity index (χ2v) is 4.02. The molecule has 0 bridgehead atoms. The van der Waals surface area contributed by atoms with Crippen LogP contribution in [0.15, 0.2) is 18.3 Å². The average Bonchev–Trinajstić information content (AvgIpc) is 2.25. The van der Waals surface area contributed by atoms with Crippen molar-refractivity contribution in [3.63, 3.8) is 0 Å². The van der Waals surface area contributed by atoms with Crippen LogP contribution in [0.25, 0.3) is 0 Å². The zero-order valence-corrected chi connectivity index (χ0v) is 9.83. The summed E-state index contributed by atoms with van der Waals surface area (Å²) in [4.78, 5) is 5.62. The van der Waals surface area contributed by atoms with E-state index in [9.17, 15) is 13.2 Å². The van der Waals surface area contributed by atoms with Crippen molar-refractivity contribution in [1.82, 2.24) is 4.98 Å². The Bertz CT molecular complexity index is 346. The van der Waals surface area contributed by atoms with Gasteiger partial charge in [-0.15, -0.1) is 0 Å². The predicted molar refractivity (Wildman–Crippen MR) is 60.8 cm³/mol. The molecule has 0 unspecified atom stereocenters. The maximum absolute atomic E-state index is 12.0. The minimum Gasteiger partial charge on any atom is -0.373 e. The van der Waals surface area contributed by atoms with Gasteiger partial charge in [0.05, 0.1) is 24.0 Å².